The number of nitrogens with one attached hydrogen (secondary N) is 1. The molecule has 1 aromatic rings. The average Bonchev–Trinajstić information content (AvgIpc) is 2.51. The molecule has 0 atom stereocenters. The summed E-state index contributed by atoms with van der Waals surface area (Å²) in [4.78, 5) is 4.94. The van der Waals surface area contributed by atoms with Crippen molar-refractivity contribution in [2.24, 2.45) is 5.92 Å². The lowest BCUT2D eigenvalue weighted by Crippen LogP contribution is -2.26. The molecule has 1 N–H and O–H groups in total. The fourth-order valence-corrected chi connectivity index (χ4v) is 2.63. The molecule has 0 bridgehead atoms. The first kappa shape index (κ1) is 15.0. The minimum Gasteiger partial charge on any atom is -0.311 e. The molecule has 0 saturated heterocycles. The van der Waals surface area contributed by atoms with E-state index in [9.17, 15) is 0 Å². The number of thiazole rings is 1. The highest BCUT2D eigenvalue weighted by Crippen LogP contribution is 2.29. The van der Waals surface area contributed by atoms with Gasteiger partial charge < -0.3 is 5.32 Å². The molecular formula is C12H18Cl2N2S. The molecule has 1 rings (SSSR count). The third-order valence-electron chi connectivity index (χ3n) is 2.36. The first-order valence-electron chi connectivity index (χ1n) is 5.65. The van der Waals surface area contributed by atoms with Gasteiger partial charge in [-0.15, -0.1) is 11.3 Å². The highest BCUT2D eigenvalue weighted by atomic mass is 35.5. The molecule has 0 aromatic carbocycles. The Bertz CT molecular complexity index is 397. The van der Waals surface area contributed by atoms with Crippen molar-refractivity contribution in [3.05, 3.63) is 20.1 Å². The first-order chi connectivity index (χ1) is 7.90. The zero-order chi connectivity index (χ0) is 13.0. The summed E-state index contributed by atoms with van der Waals surface area (Å²) >= 11 is 13.3. The van der Waals surface area contributed by atoms with Crippen molar-refractivity contribution in [3.63, 3.8) is 0 Å². The number of nitrogens with zero attached hydrogens (tertiary/aromatic N) is 1. The molecule has 17 heavy (non-hydrogen) atoms. The summed E-state index contributed by atoms with van der Waals surface area (Å²) in [6, 6.07) is 0.470. The van der Waals surface area contributed by atoms with Crippen molar-refractivity contribution >= 4 is 40.6 Å². The maximum atomic E-state index is 6.01. The van der Waals surface area contributed by atoms with Crippen LogP contribution in [-0.2, 0) is 0 Å². The van der Waals surface area contributed by atoms with Gasteiger partial charge in [-0.25, -0.2) is 4.98 Å². The molecule has 1 aromatic heterocycles. The van der Waals surface area contributed by atoms with E-state index in [-0.39, 0.29) is 0 Å². The highest BCUT2D eigenvalue weighted by molar-refractivity contribution is 7.17. The van der Waals surface area contributed by atoms with Crippen LogP contribution in [0.25, 0.3) is 6.08 Å². The van der Waals surface area contributed by atoms with Crippen molar-refractivity contribution in [3.8, 4) is 0 Å². The van der Waals surface area contributed by atoms with E-state index in [0.717, 1.165) is 11.4 Å². The van der Waals surface area contributed by atoms with Gasteiger partial charge in [-0.3, -0.25) is 0 Å². The SMILES string of the molecule is CC(C)NCC(=Cc1sc(Cl)nc1Cl)C(C)C. The smallest absolute Gasteiger partial charge is 0.185 e. The van der Waals surface area contributed by atoms with E-state index in [1.807, 2.05) is 0 Å². The standard InChI is InChI=1S/C12H18Cl2N2S/c1-7(2)9(6-15-8(3)4)5-10-11(13)16-12(14)17-10/h5,7-8,15H,6H2,1-4H3. The molecule has 0 unspecified atom stereocenters. The van der Waals surface area contributed by atoms with Gasteiger partial charge in [-0.2, -0.15) is 0 Å². The zero-order valence-corrected chi connectivity index (χ0v) is 12.9. The molecule has 2 nitrogen and oxygen atoms in total. The topological polar surface area (TPSA) is 24.9 Å². The zero-order valence-electron chi connectivity index (χ0n) is 10.6. The fraction of sp³-hybridized carbons (Fsp3) is 0.583. The third-order valence-corrected chi connectivity index (χ3v) is 3.86. The Morgan fingerprint density at radius 1 is 1.35 bits per heavy atom. The molecule has 96 valence electrons. The molecule has 5 heteroatoms. The number of halogens is 2. The molecular weight excluding hydrogens is 275 g/mol. The van der Waals surface area contributed by atoms with E-state index in [2.05, 4.69) is 44.1 Å². The van der Waals surface area contributed by atoms with Crippen LogP contribution in [0.5, 0.6) is 0 Å². The molecule has 0 saturated carbocycles. The van der Waals surface area contributed by atoms with E-state index < -0.39 is 0 Å². The van der Waals surface area contributed by atoms with Crippen molar-refractivity contribution in [2.45, 2.75) is 33.7 Å². The van der Waals surface area contributed by atoms with Crippen molar-refractivity contribution in [1.29, 1.82) is 0 Å². The molecule has 0 aliphatic heterocycles. The molecule has 0 spiro atoms. The second kappa shape index (κ2) is 6.74. The predicted molar refractivity (Wildman–Crippen MR) is 78.1 cm³/mol. The summed E-state index contributed by atoms with van der Waals surface area (Å²) < 4.78 is 0.487. The van der Waals surface area contributed by atoms with Gasteiger partial charge in [0, 0.05) is 12.6 Å². The predicted octanol–water partition coefficient (Wildman–Crippen LogP) is 4.49. The van der Waals surface area contributed by atoms with Crippen LogP contribution >= 0.6 is 34.5 Å². The van der Waals surface area contributed by atoms with Gasteiger partial charge in [0.2, 0.25) is 0 Å². The summed E-state index contributed by atoms with van der Waals surface area (Å²) in [6.07, 6.45) is 2.09. The molecule has 0 radical (unpaired) electrons. The summed E-state index contributed by atoms with van der Waals surface area (Å²) in [7, 11) is 0. The highest BCUT2D eigenvalue weighted by Gasteiger charge is 2.09. The summed E-state index contributed by atoms with van der Waals surface area (Å²) in [6.45, 7) is 9.47. The fourth-order valence-electron chi connectivity index (χ4n) is 1.29. The Kier molecular flexibility index (Phi) is 5.93. The maximum absolute atomic E-state index is 6.01. The average molecular weight is 293 g/mol. The normalized spacial score (nSPS) is 12.8. The van der Waals surface area contributed by atoms with Gasteiger partial charge >= 0.3 is 0 Å². The van der Waals surface area contributed by atoms with Gasteiger partial charge in [0.25, 0.3) is 0 Å². The summed E-state index contributed by atoms with van der Waals surface area (Å²) in [5.74, 6) is 0.471. The quantitative estimate of drug-likeness (QED) is 0.865. The van der Waals surface area contributed by atoms with Crippen LogP contribution in [0.1, 0.15) is 32.6 Å². The second-order valence-corrected chi connectivity index (χ2v) is 6.50. The van der Waals surface area contributed by atoms with Gasteiger partial charge in [0.15, 0.2) is 4.47 Å². The monoisotopic (exact) mass is 292 g/mol. The molecule has 1 heterocycles. The maximum Gasteiger partial charge on any atom is 0.185 e. The van der Waals surface area contributed by atoms with Crippen LogP contribution < -0.4 is 5.32 Å². The molecule has 0 aliphatic rings. The molecule has 0 aliphatic carbocycles. The lowest BCUT2D eigenvalue weighted by Gasteiger charge is -2.14. The van der Waals surface area contributed by atoms with Gasteiger partial charge in [-0.1, -0.05) is 56.5 Å². The Hall–Kier alpha value is -0.0900. The van der Waals surface area contributed by atoms with Crippen LogP contribution in [0, 0.1) is 5.92 Å². The van der Waals surface area contributed by atoms with Crippen LogP contribution in [-0.4, -0.2) is 17.6 Å². The number of aromatic nitrogens is 1. The number of hydrogen-bond acceptors (Lipinski definition) is 3. The number of hydrogen-bond donors (Lipinski definition) is 1. The van der Waals surface area contributed by atoms with Crippen molar-refractivity contribution in [2.75, 3.05) is 6.54 Å². The van der Waals surface area contributed by atoms with Crippen LogP contribution in [0.4, 0.5) is 0 Å². The van der Waals surface area contributed by atoms with E-state index in [4.69, 9.17) is 23.2 Å². The first-order valence-corrected chi connectivity index (χ1v) is 7.23. The Balaban J connectivity index is 2.86. The van der Waals surface area contributed by atoms with Crippen LogP contribution in [0.3, 0.4) is 0 Å². The summed E-state index contributed by atoms with van der Waals surface area (Å²) in [5.41, 5.74) is 1.31. The minimum atomic E-state index is 0.470. The van der Waals surface area contributed by atoms with Crippen LogP contribution in [0.2, 0.25) is 9.62 Å². The largest absolute Gasteiger partial charge is 0.311 e. The van der Waals surface area contributed by atoms with Crippen LogP contribution in [0.15, 0.2) is 5.57 Å². The number of rotatable bonds is 5. The molecule has 0 fully saturated rings. The van der Waals surface area contributed by atoms with Crippen molar-refractivity contribution < 1.29 is 0 Å². The lowest BCUT2D eigenvalue weighted by atomic mass is 10.0. The van der Waals surface area contributed by atoms with Gasteiger partial charge in [-0.05, 0) is 12.0 Å². The van der Waals surface area contributed by atoms with E-state index >= 15 is 0 Å². The Labute approximate surface area is 117 Å². The van der Waals surface area contributed by atoms with Gasteiger partial charge in [0.05, 0.1) is 4.88 Å². The van der Waals surface area contributed by atoms with E-state index in [1.165, 1.54) is 16.9 Å². The van der Waals surface area contributed by atoms with Crippen molar-refractivity contribution in [1.82, 2.24) is 10.3 Å². The second-order valence-electron chi connectivity index (χ2n) is 4.53. The van der Waals surface area contributed by atoms with Gasteiger partial charge in [0.1, 0.15) is 5.15 Å². The Morgan fingerprint density at radius 3 is 2.41 bits per heavy atom. The lowest BCUT2D eigenvalue weighted by molar-refractivity contribution is 0.593. The van der Waals surface area contributed by atoms with E-state index in [0.29, 0.717) is 21.6 Å². The minimum absolute atomic E-state index is 0.470. The molecule has 0 amide bonds. The summed E-state index contributed by atoms with van der Waals surface area (Å²) in [5, 5.41) is 3.90. The Morgan fingerprint density at radius 2 is 2.00 bits per heavy atom. The third kappa shape index (κ3) is 4.96. The van der Waals surface area contributed by atoms with E-state index in [1.54, 1.807) is 0 Å².